The molecule has 0 saturated carbocycles. The first-order chi connectivity index (χ1) is 9.60. The number of hydrogen-bond acceptors (Lipinski definition) is 0. The Bertz CT molecular complexity index is 583. The molecule has 0 radical (unpaired) electrons. The van der Waals surface area contributed by atoms with Gasteiger partial charge in [-0.3, -0.25) is 0 Å². The molecule has 0 nitrogen and oxygen atoms in total. The Morgan fingerprint density at radius 1 is 1.15 bits per heavy atom. The van der Waals surface area contributed by atoms with E-state index >= 15 is 0 Å². The van der Waals surface area contributed by atoms with E-state index in [9.17, 15) is 4.39 Å². The highest BCUT2D eigenvalue weighted by atomic mass is 79.9. The molecule has 0 spiro atoms. The Kier molecular flexibility index (Phi) is 5.62. The van der Waals surface area contributed by atoms with Gasteiger partial charge in [-0.05, 0) is 54.5 Å². The summed E-state index contributed by atoms with van der Waals surface area (Å²) in [7, 11) is 0. The quantitative estimate of drug-likeness (QED) is 0.614. The number of alkyl halides is 1. The van der Waals surface area contributed by atoms with Crippen LogP contribution in [0.1, 0.15) is 16.7 Å². The predicted molar refractivity (Wildman–Crippen MR) is 87.3 cm³/mol. The third-order valence-corrected chi connectivity index (χ3v) is 4.72. The molecule has 1 atom stereocenters. The molecule has 0 amide bonds. The highest BCUT2D eigenvalue weighted by Crippen LogP contribution is 2.22. The van der Waals surface area contributed by atoms with Crippen molar-refractivity contribution in [3.8, 4) is 0 Å². The smallest absolute Gasteiger partial charge is 0.142 e. The van der Waals surface area contributed by atoms with Crippen LogP contribution in [-0.4, -0.2) is 5.33 Å². The van der Waals surface area contributed by atoms with E-state index in [-0.39, 0.29) is 10.8 Å². The SMILES string of the molecule is Cc1ccccc1CC(CBr)Cc1ccc(Cl)c(F)c1. The maximum atomic E-state index is 13.5. The minimum Gasteiger partial charge on any atom is -0.205 e. The van der Waals surface area contributed by atoms with Crippen molar-refractivity contribution in [3.05, 3.63) is 70.0 Å². The summed E-state index contributed by atoms with van der Waals surface area (Å²) in [6, 6.07) is 13.5. The van der Waals surface area contributed by atoms with Crippen molar-refractivity contribution in [2.45, 2.75) is 19.8 Å². The van der Waals surface area contributed by atoms with Crippen molar-refractivity contribution in [1.82, 2.24) is 0 Å². The molecular weight excluding hydrogens is 339 g/mol. The number of halogens is 3. The fourth-order valence-corrected chi connectivity index (χ4v) is 2.91. The van der Waals surface area contributed by atoms with Crippen LogP contribution in [0.15, 0.2) is 42.5 Å². The minimum atomic E-state index is -0.339. The van der Waals surface area contributed by atoms with Crippen LogP contribution in [-0.2, 0) is 12.8 Å². The van der Waals surface area contributed by atoms with Gasteiger partial charge in [0.25, 0.3) is 0 Å². The zero-order chi connectivity index (χ0) is 14.5. The van der Waals surface area contributed by atoms with Gasteiger partial charge in [-0.15, -0.1) is 0 Å². The third-order valence-electron chi connectivity index (χ3n) is 3.50. The summed E-state index contributed by atoms with van der Waals surface area (Å²) >= 11 is 9.29. The van der Waals surface area contributed by atoms with E-state index in [0.29, 0.717) is 5.92 Å². The summed E-state index contributed by atoms with van der Waals surface area (Å²) in [6.07, 6.45) is 1.83. The van der Waals surface area contributed by atoms with E-state index in [1.165, 1.54) is 17.2 Å². The van der Waals surface area contributed by atoms with Gasteiger partial charge in [0.1, 0.15) is 5.82 Å². The number of benzene rings is 2. The number of hydrogen-bond donors (Lipinski definition) is 0. The van der Waals surface area contributed by atoms with Crippen molar-refractivity contribution in [2.75, 3.05) is 5.33 Å². The lowest BCUT2D eigenvalue weighted by atomic mass is 9.92. The van der Waals surface area contributed by atoms with Crippen LogP contribution in [0.3, 0.4) is 0 Å². The highest BCUT2D eigenvalue weighted by Gasteiger charge is 2.12. The maximum Gasteiger partial charge on any atom is 0.142 e. The Balaban J connectivity index is 2.09. The lowest BCUT2D eigenvalue weighted by Crippen LogP contribution is -2.11. The van der Waals surface area contributed by atoms with E-state index in [1.807, 2.05) is 6.07 Å². The van der Waals surface area contributed by atoms with E-state index in [0.717, 1.165) is 23.7 Å². The van der Waals surface area contributed by atoms with Gasteiger partial charge in [0.05, 0.1) is 5.02 Å². The predicted octanol–water partition coefficient (Wildman–Crippen LogP) is 5.58. The molecular formula is C17H17BrClF. The molecule has 20 heavy (non-hydrogen) atoms. The third kappa shape index (κ3) is 4.07. The molecule has 0 heterocycles. The zero-order valence-electron chi connectivity index (χ0n) is 11.4. The second-order valence-electron chi connectivity index (χ2n) is 5.10. The fourth-order valence-electron chi connectivity index (χ4n) is 2.33. The van der Waals surface area contributed by atoms with Gasteiger partial charge in [-0.1, -0.05) is 57.9 Å². The first-order valence-electron chi connectivity index (χ1n) is 6.64. The Hall–Kier alpha value is -0.860. The monoisotopic (exact) mass is 354 g/mol. The fraction of sp³-hybridized carbons (Fsp3) is 0.294. The van der Waals surface area contributed by atoms with Crippen LogP contribution in [0.5, 0.6) is 0 Å². The van der Waals surface area contributed by atoms with E-state index in [2.05, 4.69) is 47.1 Å². The normalized spacial score (nSPS) is 12.4. The molecule has 2 aromatic carbocycles. The van der Waals surface area contributed by atoms with Gasteiger partial charge in [-0.2, -0.15) is 0 Å². The molecule has 0 aliphatic heterocycles. The molecule has 0 bridgehead atoms. The van der Waals surface area contributed by atoms with E-state index in [1.54, 1.807) is 6.07 Å². The minimum absolute atomic E-state index is 0.183. The van der Waals surface area contributed by atoms with Gasteiger partial charge in [0.15, 0.2) is 0 Å². The number of aryl methyl sites for hydroxylation is 1. The van der Waals surface area contributed by atoms with Crippen LogP contribution in [0.2, 0.25) is 5.02 Å². The molecule has 106 valence electrons. The number of rotatable bonds is 5. The maximum absolute atomic E-state index is 13.5. The Morgan fingerprint density at radius 2 is 1.90 bits per heavy atom. The molecule has 2 rings (SSSR count). The highest BCUT2D eigenvalue weighted by molar-refractivity contribution is 9.09. The van der Waals surface area contributed by atoms with Crippen LogP contribution < -0.4 is 0 Å². The summed E-state index contributed by atoms with van der Waals surface area (Å²) in [5, 5.41) is 1.08. The van der Waals surface area contributed by atoms with E-state index < -0.39 is 0 Å². The molecule has 0 saturated heterocycles. The lowest BCUT2D eigenvalue weighted by molar-refractivity contribution is 0.581. The largest absolute Gasteiger partial charge is 0.205 e. The van der Waals surface area contributed by atoms with Crippen molar-refractivity contribution in [3.63, 3.8) is 0 Å². The summed E-state index contributed by atoms with van der Waals surface area (Å²) in [6.45, 7) is 2.13. The van der Waals surface area contributed by atoms with Crippen molar-refractivity contribution >= 4 is 27.5 Å². The molecule has 0 aliphatic carbocycles. The first kappa shape index (κ1) is 15.5. The van der Waals surface area contributed by atoms with Crippen molar-refractivity contribution < 1.29 is 4.39 Å². The Morgan fingerprint density at radius 3 is 2.55 bits per heavy atom. The van der Waals surface area contributed by atoms with Crippen molar-refractivity contribution in [2.24, 2.45) is 5.92 Å². The molecule has 0 aromatic heterocycles. The van der Waals surface area contributed by atoms with Crippen LogP contribution in [0, 0.1) is 18.7 Å². The first-order valence-corrected chi connectivity index (χ1v) is 8.14. The standard InChI is InChI=1S/C17H17BrClF/c1-12-4-2-3-5-15(12)9-14(11-18)8-13-6-7-16(19)17(20)10-13/h2-7,10,14H,8-9,11H2,1H3. The van der Waals surface area contributed by atoms with Crippen LogP contribution in [0.4, 0.5) is 4.39 Å². The van der Waals surface area contributed by atoms with Crippen molar-refractivity contribution in [1.29, 1.82) is 0 Å². The molecule has 0 fully saturated rings. The van der Waals surface area contributed by atoms with Crippen LogP contribution in [0.25, 0.3) is 0 Å². The van der Waals surface area contributed by atoms with Gasteiger partial charge in [0, 0.05) is 5.33 Å². The summed E-state index contributed by atoms with van der Waals surface area (Å²) in [5.41, 5.74) is 3.65. The van der Waals surface area contributed by atoms with Gasteiger partial charge >= 0.3 is 0 Å². The zero-order valence-corrected chi connectivity index (χ0v) is 13.7. The van der Waals surface area contributed by atoms with Gasteiger partial charge in [-0.25, -0.2) is 4.39 Å². The molecule has 2 aromatic rings. The van der Waals surface area contributed by atoms with Crippen LogP contribution >= 0.6 is 27.5 Å². The summed E-state index contributed by atoms with van der Waals surface area (Å²) < 4.78 is 13.5. The lowest BCUT2D eigenvalue weighted by Gasteiger charge is -2.16. The van der Waals surface area contributed by atoms with Gasteiger partial charge < -0.3 is 0 Å². The summed E-state index contributed by atoms with van der Waals surface area (Å²) in [5.74, 6) is 0.102. The van der Waals surface area contributed by atoms with E-state index in [4.69, 9.17) is 11.6 Å². The second kappa shape index (κ2) is 7.24. The molecule has 0 N–H and O–H groups in total. The average molecular weight is 356 g/mol. The topological polar surface area (TPSA) is 0 Å². The van der Waals surface area contributed by atoms with Gasteiger partial charge in [0.2, 0.25) is 0 Å². The molecule has 3 heteroatoms. The average Bonchev–Trinajstić information content (AvgIpc) is 2.44. The molecule has 1 unspecified atom stereocenters. The Labute approximate surface area is 133 Å². The summed E-state index contributed by atoms with van der Waals surface area (Å²) in [4.78, 5) is 0. The second-order valence-corrected chi connectivity index (χ2v) is 6.16. The molecule has 0 aliphatic rings.